The molecule has 170 valence electrons. The summed E-state index contributed by atoms with van der Waals surface area (Å²) >= 11 is 0. The first-order valence-corrected chi connectivity index (χ1v) is 11.8. The van der Waals surface area contributed by atoms with Crippen LogP contribution in [0.3, 0.4) is 0 Å². The van der Waals surface area contributed by atoms with E-state index in [2.05, 4.69) is 16.8 Å². The van der Waals surface area contributed by atoms with Gasteiger partial charge in [-0.25, -0.2) is 0 Å². The molecule has 0 saturated carbocycles. The first kappa shape index (κ1) is 22.1. The van der Waals surface area contributed by atoms with Crippen molar-refractivity contribution >= 4 is 11.8 Å². The molecule has 7 nitrogen and oxygen atoms in total. The molecule has 0 bridgehead atoms. The van der Waals surface area contributed by atoms with Crippen molar-refractivity contribution in [1.29, 1.82) is 0 Å². The second-order valence-electron chi connectivity index (χ2n) is 9.23. The van der Waals surface area contributed by atoms with E-state index < -0.39 is 0 Å². The molecule has 3 fully saturated rings. The molecule has 31 heavy (non-hydrogen) atoms. The molecule has 3 heterocycles. The number of rotatable bonds is 6. The summed E-state index contributed by atoms with van der Waals surface area (Å²) in [4.78, 5) is 34.4. The molecular formula is C24H36N4O3. The van der Waals surface area contributed by atoms with Crippen LogP contribution in [0.1, 0.15) is 25.7 Å². The first-order valence-electron chi connectivity index (χ1n) is 11.8. The zero-order valence-corrected chi connectivity index (χ0v) is 18.7. The average Bonchev–Trinajstić information content (AvgIpc) is 3.29. The summed E-state index contributed by atoms with van der Waals surface area (Å²) in [7, 11) is 2.09. The molecule has 3 saturated heterocycles. The van der Waals surface area contributed by atoms with Crippen LogP contribution in [0, 0.1) is 5.92 Å². The minimum absolute atomic E-state index is 0.0173. The lowest BCUT2D eigenvalue weighted by molar-refractivity contribution is -0.140. The molecule has 0 aromatic heterocycles. The third kappa shape index (κ3) is 5.98. The predicted octanol–water partition coefficient (Wildman–Crippen LogP) is 1.54. The second-order valence-corrected chi connectivity index (χ2v) is 9.23. The van der Waals surface area contributed by atoms with Gasteiger partial charge in [0.2, 0.25) is 11.8 Å². The molecule has 2 atom stereocenters. The summed E-state index contributed by atoms with van der Waals surface area (Å²) in [5.74, 6) is 1.23. The number of benzene rings is 1. The predicted molar refractivity (Wildman–Crippen MR) is 120 cm³/mol. The molecule has 0 spiro atoms. The van der Waals surface area contributed by atoms with Crippen LogP contribution in [0.15, 0.2) is 30.3 Å². The maximum Gasteiger partial charge on any atom is 0.236 e. The maximum absolute atomic E-state index is 13.1. The van der Waals surface area contributed by atoms with E-state index >= 15 is 0 Å². The van der Waals surface area contributed by atoms with Crippen LogP contribution >= 0.6 is 0 Å². The van der Waals surface area contributed by atoms with Gasteiger partial charge in [-0.1, -0.05) is 18.2 Å². The summed E-state index contributed by atoms with van der Waals surface area (Å²) in [6.45, 7) is 7.24. The number of hydrogen-bond donors (Lipinski definition) is 0. The Labute approximate surface area is 185 Å². The third-order valence-corrected chi connectivity index (χ3v) is 6.90. The van der Waals surface area contributed by atoms with Gasteiger partial charge in [0.25, 0.3) is 0 Å². The van der Waals surface area contributed by atoms with Gasteiger partial charge in [0.1, 0.15) is 11.9 Å². The lowest BCUT2D eigenvalue weighted by Gasteiger charge is -2.40. The summed E-state index contributed by atoms with van der Waals surface area (Å²) in [6, 6.07) is 9.83. The van der Waals surface area contributed by atoms with Gasteiger partial charge >= 0.3 is 0 Å². The Morgan fingerprint density at radius 3 is 2.32 bits per heavy atom. The summed E-state index contributed by atoms with van der Waals surface area (Å²) in [5.41, 5.74) is 0. The molecular weight excluding hydrogens is 392 g/mol. The van der Waals surface area contributed by atoms with Gasteiger partial charge in [-0.3, -0.25) is 14.5 Å². The fourth-order valence-electron chi connectivity index (χ4n) is 4.90. The Balaban J connectivity index is 1.40. The zero-order chi connectivity index (χ0) is 21.6. The van der Waals surface area contributed by atoms with Gasteiger partial charge in [0.05, 0.1) is 6.54 Å². The van der Waals surface area contributed by atoms with Crippen molar-refractivity contribution in [2.45, 2.75) is 31.8 Å². The van der Waals surface area contributed by atoms with Gasteiger partial charge in [0.15, 0.2) is 0 Å². The highest BCUT2D eigenvalue weighted by Crippen LogP contribution is 2.27. The quantitative estimate of drug-likeness (QED) is 0.688. The van der Waals surface area contributed by atoms with E-state index in [0.717, 1.165) is 51.4 Å². The monoisotopic (exact) mass is 428 g/mol. The summed E-state index contributed by atoms with van der Waals surface area (Å²) in [5, 5.41) is 0. The minimum atomic E-state index is -0.0466. The van der Waals surface area contributed by atoms with Crippen molar-refractivity contribution in [2.24, 2.45) is 5.92 Å². The van der Waals surface area contributed by atoms with Crippen LogP contribution < -0.4 is 4.74 Å². The van der Waals surface area contributed by atoms with E-state index in [4.69, 9.17) is 4.74 Å². The number of carbonyl (C=O) groups is 2. The van der Waals surface area contributed by atoms with Gasteiger partial charge in [-0.15, -0.1) is 0 Å². The molecule has 3 aliphatic heterocycles. The van der Waals surface area contributed by atoms with Gasteiger partial charge in [-0.05, 0) is 45.1 Å². The van der Waals surface area contributed by atoms with Crippen molar-refractivity contribution < 1.29 is 14.3 Å². The van der Waals surface area contributed by atoms with Crippen LogP contribution in [-0.2, 0) is 9.59 Å². The Bertz CT molecular complexity index is 730. The smallest absolute Gasteiger partial charge is 0.236 e. The normalized spacial score (nSPS) is 25.6. The molecule has 4 rings (SSSR count). The topological polar surface area (TPSA) is 56.3 Å². The zero-order valence-electron chi connectivity index (χ0n) is 18.7. The number of para-hydroxylation sites is 1. The van der Waals surface area contributed by atoms with Crippen LogP contribution in [0.5, 0.6) is 5.75 Å². The number of piperidine rings is 1. The molecule has 1 aromatic rings. The van der Waals surface area contributed by atoms with E-state index in [1.54, 1.807) is 0 Å². The number of likely N-dealkylation sites (N-methyl/N-ethyl adjacent to an activating group) is 1. The van der Waals surface area contributed by atoms with E-state index in [0.29, 0.717) is 26.1 Å². The fraction of sp³-hybridized carbons (Fsp3) is 0.667. The Morgan fingerprint density at radius 2 is 1.61 bits per heavy atom. The number of hydrogen-bond acceptors (Lipinski definition) is 5. The molecule has 0 unspecified atom stereocenters. The lowest BCUT2D eigenvalue weighted by Crippen LogP contribution is -2.52. The molecule has 3 aliphatic rings. The second kappa shape index (κ2) is 10.5. The molecule has 2 amide bonds. The van der Waals surface area contributed by atoms with Crippen LogP contribution in [-0.4, -0.2) is 103 Å². The van der Waals surface area contributed by atoms with E-state index in [9.17, 15) is 9.59 Å². The number of likely N-dealkylation sites (tertiary alicyclic amines) is 2. The number of carbonyl (C=O) groups excluding carboxylic acids is 2. The lowest BCUT2D eigenvalue weighted by atomic mass is 9.90. The molecule has 1 aromatic carbocycles. The van der Waals surface area contributed by atoms with E-state index in [1.165, 1.54) is 12.8 Å². The highest BCUT2D eigenvalue weighted by molar-refractivity contribution is 5.79. The van der Waals surface area contributed by atoms with E-state index in [1.807, 2.05) is 40.1 Å². The fourth-order valence-corrected chi connectivity index (χ4v) is 4.90. The average molecular weight is 429 g/mol. The number of nitrogens with zero attached hydrogens (tertiary/aromatic N) is 4. The largest absolute Gasteiger partial charge is 0.490 e. The van der Waals surface area contributed by atoms with Gasteiger partial charge in [-0.2, -0.15) is 0 Å². The van der Waals surface area contributed by atoms with Crippen molar-refractivity contribution in [3.05, 3.63) is 30.3 Å². The Hall–Kier alpha value is -2.12. The van der Waals surface area contributed by atoms with E-state index in [-0.39, 0.29) is 23.8 Å². The maximum atomic E-state index is 13.1. The first-order chi connectivity index (χ1) is 15.1. The standard InChI is InChI=1S/C24H36N4O3/c1-25-13-15-27(16-14-25)23(29)17-20-18-28(24(30)19-26-10-5-6-11-26)12-9-22(20)31-21-7-3-2-4-8-21/h2-4,7-8,20,22H,5-6,9-19H2,1H3/t20-,22-/m0/s1. The van der Waals surface area contributed by atoms with Crippen LogP contribution in [0.25, 0.3) is 0 Å². The highest BCUT2D eigenvalue weighted by atomic mass is 16.5. The number of ether oxygens (including phenoxy) is 1. The van der Waals surface area contributed by atoms with Crippen molar-refractivity contribution in [3.63, 3.8) is 0 Å². The summed E-state index contributed by atoms with van der Waals surface area (Å²) < 4.78 is 6.31. The molecule has 0 radical (unpaired) electrons. The Morgan fingerprint density at radius 1 is 0.903 bits per heavy atom. The molecule has 7 heteroatoms. The third-order valence-electron chi connectivity index (χ3n) is 6.90. The minimum Gasteiger partial charge on any atom is -0.490 e. The molecule has 0 N–H and O–H groups in total. The SMILES string of the molecule is CN1CCN(C(=O)C[C@H]2CN(C(=O)CN3CCCC3)CC[C@@H]2Oc2ccccc2)CC1. The summed E-state index contributed by atoms with van der Waals surface area (Å²) in [6.07, 6.45) is 3.52. The highest BCUT2D eigenvalue weighted by Gasteiger charge is 2.36. The van der Waals surface area contributed by atoms with Crippen molar-refractivity contribution in [2.75, 3.05) is 66.0 Å². The van der Waals surface area contributed by atoms with Gasteiger partial charge < -0.3 is 19.4 Å². The van der Waals surface area contributed by atoms with Crippen molar-refractivity contribution in [1.82, 2.24) is 19.6 Å². The van der Waals surface area contributed by atoms with Crippen LogP contribution in [0.2, 0.25) is 0 Å². The van der Waals surface area contributed by atoms with Crippen molar-refractivity contribution in [3.8, 4) is 5.75 Å². The van der Waals surface area contributed by atoms with Crippen LogP contribution in [0.4, 0.5) is 0 Å². The van der Waals surface area contributed by atoms with Gasteiger partial charge in [0, 0.05) is 58.0 Å². The Kier molecular flexibility index (Phi) is 7.45. The number of amides is 2. The number of piperazine rings is 1. The molecule has 0 aliphatic carbocycles.